The molecule has 1 aliphatic carbocycles. The van der Waals surface area contributed by atoms with E-state index in [4.69, 9.17) is 9.26 Å². The van der Waals surface area contributed by atoms with E-state index in [0.29, 0.717) is 43.8 Å². The minimum Gasteiger partial charge on any atom is -0.374 e. The highest BCUT2D eigenvalue weighted by Crippen LogP contribution is 2.48. The van der Waals surface area contributed by atoms with E-state index in [1.807, 2.05) is 18.7 Å². The third kappa shape index (κ3) is 7.08. The quantitative estimate of drug-likeness (QED) is 0.108. The molecule has 280 valence electrons. The number of benzene rings is 3. The molecule has 3 heterocycles. The van der Waals surface area contributed by atoms with Gasteiger partial charge in [-0.25, -0.2) is 4.39 Å². The number of carbonyl (C=O) groups excluding carboxylic acids is 3. The number of hydrogen-bond acceptors (Lipinski definition) is 9. The number of halogens is 1. The molecule has 2 fully saturated rings. The minimum absolute atomic E-state index is 0.0713. The molecule has 0 bridgehead atoms. The van der Waals surface area contributed by atoms with Gasteiger partial charge in [0.05, 0.1) is 35.0 Å². The van der Waals surface area contributed by atoms with Crippen LogP contribution in [0.5, 0.6) is 0 Å². The maximum Gasteiger partial charge on any atom is 0.255 e. The van der Waals surface area contributed by atoms with Gasteiger partial charge in [-0.3, -0.25) is 9.59 Å². The summed E-state index contributed by atoms with van der Waals surface area (Å²) >= 11 is 0. The Morgan fingerprint density at radius 2 is 1.93 bits per heavy atom. The monoisotopic (exact) mass is 732 g/mol. The smallest absolute Gasteiger partial charge is 0.255 e. The van der Waals surface area contributed by atoms with Crippen molar-refractivity contribution in [3.05, 3.63) is 94.1 Å². The Morgan fingerprint density at radius 3 is 2.57 bits per heavy atom. The lowest BCUT2D eigenvalue weighted by Gasteiger charge is -2.41. The molecule has 54 heavy (non-hydrogen) atoms. The number of hydrogen-bond donors (Lipinski definition) is 1. The molecule has 4 aromatic rings. The Balaban J connectivity index is 0.995. The van der Waals surface area contributed by atoms with Gasteiger partial charge in [0, 0.05) is 68.8 Å². The molecule has 1 saturated heterocycles. The predicted octanol–water partition coefficient (Wildman–Crippen LogP) is 6.44. The van der Waals surface area contributed by atoms with Crippen LogP contribution in [0.3, 0.4) is 0 Å². The molecule has 3 aliphatic rings. The Kier molecular flexibility index (Phi) is 10.3. The molecule has 11 nitrogen and oxygen atoms in total. The van der Waals surface area contributed by atoms with Crippen LogP contribution in [0.4, 0.5) is 21.5 Å². The highest BCUT2D eigenvalue weighted by atomic mass is 19.1. The van der Waals surface area contributed by atoms with Crippen molar-refractivity contribution in [1.82, 2.24) is 15.4 Å². The van der Waals surface area contributed by atoms with Crippen LogP contribution in [0, 0.1) is 37.9 Å². The fraction of sp³-hybridized carbons (Fsp3) is 0.405. The van der Waals surface area contributed by atoms with Crippen molar-refractivity contribution in [2.45, 2.75) is 77.0 Å². The molecule has 1 N–H and O–H groups in total. The van der Waals surface area contributed by atoms with Crippen LogP contribution < -0.4 is 15.1 Å². The maximum absolute atomic E-state index is 15.3. The predicted molar refractivity (Wildman–Crippen MR) is 202 cm³/mol. The number of fused-ring (bicyclic) bond motifs is 1. The summed E-state index contributed by atoms with van der Waals surface area (Å²) in [5.41, 5.74) is 8.07. The van der Waals surface area contributed by atoms with Crippen LogP contribution in [-0.2, 0) is 26.3 Å². The summed E-state index contributed by atoms with van der Waals surface area (Å²) in [4.78, 5) is 42.2. The van der Waals surface area contributed by atoms with E-state index in [-0.39, 0.29) is 42.4 Å². The average Bonchev–Trinajstić information content (AvgIpc) is 3.81. The van der Waals surface area contributed by atoms with Crippen molar-refractivity contribution in [3.8, 4) is 17.2 Å². The van der Waals surface area contributed by atoms with E-state index < -0.39 is 17.8 Å². The van der Waals surface area contributed by atoms with Gasteiger partial charge in [0.25, 0.3) is 5.91 Å². The molecule has 1 aromatic heterocycles. The van der Waals surface area contributed by atoms with Crippen LogP contribution in [-0.4, -0.2) is 73.6 Å². The zero-order valence-corrected chi connectivity index (χ0v) is 31.2. The number of anilines is 3. The summed E-state index contributed by atoms with van der Waals surface area (Å²) in [5.74, 6) is -0.342. The van der Waals surface area contributed by atoms with Gasteiger partial charge in [0.2, 0.25) is 5.91 Å². The molecule has 0 spiro atoms. The first kappa shape index (κ1) is 36.8. The molecule has 2 amide bonds. The molecule has 1 saturated carbocycles. The van der Waals surface area contributed by atoms with E-state index in [0.717, 1.165) is 64.3 Å². The van der Waals surface area contributed by atoms with Crippen molar-refractivity contribution in [2.24, 2.45) is 0 Å². The van der Waals surface area contributed by atoms with E-state index in [1.54, 1.807) is 6.07 Å². The summed E-state index contributed by atoms with van der Waals surface area (Å²) < 4.78 is 27.1. The molecular formula is C42H45FN6O5. The number of aldehydes is 1. The Morgan fingerprint density at radius 1 is 1.17 bits per heavy atom. The second-order valence-corrected chi connectivity index (χ2v) is 14.7. The summed E-state index contributed by atoms with van der Waals surface area (Å²) in [5, 5.41) is 16.4. The van der Waals surface area contributed by atoms with Crippen molar-refractivity contribution in [1.29, 1.82) is 5.26 Å². The topological polar surface area (TPSA) is 132 Å². The summed E-state index contributed by atoms with van der Waals surface area (Å²) in [6.07, 6.45) is 3.43. The molecule has 1 atom stereocenters. The first-order valence-electron chi connectivity index (χ1n) is 18.5. The van der Waals surface area contributed by atoms with Crippen LogP contribution in [0.1, 0.15) is 70.6 Å². The fourth-order valence-electron chi connectivity index (χ4n) is 7.66. The highest BCUT2D eigenvalue weighted by molar-refractivity contribution is 6.00. The number of nitrogens with one attached hydrogen (secondary N) is 1. The molecular weight excluding hydrogens is 687 g/mol. The van der Waals surface area contributed by atoms with Gasteiger partial charge in [-0.05, 0) is 99.0 Å². The lowest BCUT2D eigenvalue weighted by Crippen LogP contribution is -2.52. The first-order chi connectivity index (χ1) is 26.0. The van der Waals surface area contributed by atoms with Gasteiger partial charge < -0.3 is 34.1 Å². The van der Waals surface area contributed by atoms with Gasteiger partial charge in [0.1, 0.15) is 17.9 Å². The van der Waals surface area contributed by atoms with E-state index in [1.165, 1.54) is 18.0 Å². The Hall–Kier alpha value is -5.54. The SMILES string of the molecule is CNC(=O)CCC(C=O)N1Cc2cc(N3CC(OCCCN(c4ccc(C5(C#N)CC5)cc4)c4cc(-c5c(C)noc5C)ccc4C)C3)c(F)cc2C1=O. The fourth-order valence-corrected chi connectivity index (χ4v) is 7.66. The normalized spacial score (nSPS) is 16.4. The van der Waals surface area contributed by atoms with Crippen LogP contribution in [0.15, 0.2) is 59.1 Å². The van der Waals surface area contributed by atoms with E-state index in [2.05, 4.69) is 70.8 Å². The molecule has 1 unspecified atom stereocenters. The van der Waals surface area contributed by atoms with Crippen LogP contribution in [0.2, 0.25) is 0 Å². The van der Waals surface area contributed by atoms with Gasteiger partial charge >= 0.3 is 0 Å². The molecule has 3 aromatic carbocycles. The summed E-state index contributed by atoms with van der Waals surface area (Å²) in [6.45, 7) is 8.37. The van der Waals surface area contributed by atoms with Crippen LogP contribution in [0.25, 0.3) is 11.1 Å². The van der Waals surface area contributed by atoms with Gasteiger partial charge in [-0.1, -0.05) is 29.4 Å². The maximum atomic E-state index is 15.3. The number of aryl methyl sites for hydroxylation is 3. The second-order valence-electron chi connectivity index (χ2n) is 14.7. The van der Waals surface area contributed by atoms with E-state index >= 15 is 4.39 Å². The van der Waals surface area contributed by atoms with Gasteiger partial charge in [-0.15, -0.1) is 0 Å². The zero-order chi connectivity index (χ0) is 38.1. The second kappa shape index (κ2) is 15.1. The third-order valence-electron chi connectivity index (χ3n) is 11.1. The minimum atomic E-state index is -0.765. The Labute approximate surface area is 314 Å². The Bertz CT molecular complexity index is 2090. The van der Waals surface area contributed by atoms with E-state index in [9.17, 15) is 19.6 Å². The van der Waals surface area contributed by atoms with Crippen LogP contribution >= 0.6 is 0 Å². The molecule has 2 aliphatic heterocycles. The average molecular weight is 733 g/mol. The number of nitrogens with zero attached hydrogens (tertiary/aromatic N) is 5. The number of amides is 2. The number of nitriles is 1. The largest absolute Gasteiger partial charge is 0.374 e. The van der Waals surface area contributed by atoms with Gasteiger partial charge in [0.15, 0.2) is 0 Å². The van der Waals surface area contributed by atoms with Gasteiger partial charge in [-0.2, -0.15) is 5.26 Å². The van der Waals surface area contributed by atoms with Crippen molar-refractivity contribution in [2.75, 3.05) is 43.1 Å². The number of rotatable bonds is 15. The number of aromatic nitrogens is 1. The molecule has 0 radical (unpaired) electrons. The molecule has 7 rings (SSSR count). The summed E-state index contributed by atoms with van der Waals surface area (Å²) in [6, 6.07) is 19.4. The lowest BCUT2D eigenvalue weighted by molar-refractivity contribution is -0.121. The zero-order valence-electron chi connectivity index (χ0n) is 31.2. The van der Waals surface area contributed by atoms with Crippen molar-refractivity contribution in [3.63, 3.8) is 0 Å². The first-order valence-corrected chi connectivity index (χ1v) is 18.5. The molecule has 12 heteroatoms. The number of carbonyl (C=O) groups is 3. The van der Waals surface area contributed by atoms with Crippen molar-refractivity contribution >= 4 is 35.2 Å². The lowest BCUT2D eigenvalue weighted by atomic mass is 9.97. The highest BCUT2D eigenvalue weighted by Gasteiger charge is 2.44. The summed E-state index contributed by atoms with van der Waals surface area (Å²) in [7, 11) is 1.52. The van der Waals surface area contributed by atoms with Crippen molar-refractivity contribution < 1.29 is 28.0 Å². The standard InChI is InChI=1S/C42H45FN6O5/c1-26-6-7-29(40-27(2)46-54-28(40)3)18-37(26)48(32-10-8-31(9-11-32)42(25-44)14-15-42)16-5-17-53-34-22-47(23-34)38-19-30-21-49(41(52)35(30)20-36(38)43)33(24-50)12-13-39(51)45-4/h6-11,18-20,24,33-34H,5,12-17,21-23H2,1-4H3,(H,45,51). The third-order valence-corrected chi connectivity index (χ3v) is 11.1. The number of ether oxygens (including phenoxy) is 1.